The van der Waals surface area contributed by atoms with Crippen molar-refractivity contribution in [3.05, 3.63) is 29.8 Å². The van der Waals surface area contributed by atoms with Crippen molar-refractivity contribution < 1.29 is 4.74 Å². The van der Waals surface area contributed by atoms with E-state index in [0.29, 0.717) is 0 Å². The van der Waals surface area contributed by atoms with Gasteiger partial charge < -0.3 is 4.74 Å². The van der Waals surface area contributed by atoms with Crippen molar-refractivity contribution >= 4 is 0 Å². The van der Waals surface area contributed by atoms with Gasteiger partial charge >= 0.3 is 0 Å². The van der Waals surface area contributed by atoms with Crippen LogP contribution in [0.25, 0.3) is 0 Å². The van der Waals surface area contributed by atoms with Crippen molar-refractivity contribution in [3.8, 4) is 5.75 Å². The van der Waals surface area contributed by atoms with E-state index in [1.54, 1.807) is 7.11 Å². The first kappa shape index (κ1) is 13.0. The number of ether oxygens (including phenoxy) is 1. The highest BCUT2D eigenvalue weighted by molar-refractivity contribution is 5.27. The summed E-state index contributed by atoms with van der Waals surface area (Å²) in [5, 5.41) is 0. The Kier molecular flexibility index (Phi) is 3.79. The smallest absolute Gasteiger partial charge is 0.118 e. The largest absolute Gasteiger partial charge is 0.497 e. The molecule has 0 aromatic heterocycles. The topological polar surface area (TPSA) is 12.5 Å². The third-order valence-electron chi connectivity index (χ3n) is 4.66. The standard InChI is InChI=1S/C17H25NO/c1-13(15-5-6-15)18(16-7-8-16)12-11-14-3-9-17(19-2)10-4-14/h3-4,9-10,13,15-16H,5-8,11-12H2,1-2H3. The molecule has 0 spiro atoms. The minimum Gasteiger partial charge on any atom is -0.497 e. The van der Waals surface area contributed by atoms with Crippen molar-refractivity contribution in [2.45, 2.75) is 51.1 Å². The SMILES string of the molecule is COc1ccc(CCN(C2CC2)C(C)C2CC2)cc1. The van der Waals surface area contributed by atoms with Crippen molar-refractivity contribution in [2.24, 2.45) is 5.92 Å². The van der Waals surface area contributed by atoms with Gasteiger partial charge in [-0.15, -0.1) is 0 Å². The molecule has 0 amide bonds. The van der Waals surface area contributed by atoms with E-state index in [4.69, 9.17) is 4.74 Å². The molecule has 1 aromatic carbocycles. The Morgan fingerprint density at radius 1 is 1.16 bits per heavy atom. The maximum atomic E-state index is 5.21. The monoisotopic (exact) mass is 259 g/mol. The first-order chi connectivity index (χ1) is 9.28. The van der Waals surface area contributed by atoms with Gasteiger partial charge in [0.25, 0.3) is 0 Å². The van der Waals surface area contributed by atoms with Crippen LogP contribution in [-0.4, -0.2) is 30.6 Å². The zero-order valence-electron chi connectivity index (χ0n) is 12.1. The number of benzene rings is 1. The second kappa shape index (κ2) is 5.54. The van der Waals surface area contributed by atoms with Crippen LogP contribution in [0.5, 0.6) is 5.75 Å². The number of methoxy groups -OCH3 is 1. The molecule has 1 aromatic rings. The van der Waals surface area contributed by atoms with E-state index < -0.39 is 0 Å². The Labute approximate surface area is 116 Å². The molecule has 2 saturated carbocycles. The molecule has 0 bridgehead atoms. The predicted molar refractivity (Wildman–Crippen MR) is 78.6 cm³/mol. The van der Waals surface area contributed by atoms with Crippen molar-refractivity contribution in [1.29, 1.82) is 0 Å². The predicted octanol–water partition coefficient (Wildman–Crippen LogP) is 3.50. The molecular weight excluding hydrogens is 234 g/mol. The lowest BCUT2D eigenvalue weighted by molar-refractivity contribution is 0.182. The molecule has 0 N–H and O–H groups in total. The maximum absolute atomic E-state index is 5.21. The second-order valence-electron chi connectivity index (χ2n) is 6.15. The molecule has 104 valence electrons. The molecule has 0 saturated heterocycles. The van der Waals surface area contributed by atoms with Crippen LogP contribution in [0.2, 0.25) is 0 Å². The number of rotatable bonds is 7. The van der Waals surface area contributed by atoms with Gasteiger partial charge in [0, 0.05) is 18.6 Å². The van der Waals surface area contributed by atoms with Gasteiger partial charge in [-0.2, -0.15) is 0 Å². The van der Waals surface area contributed by atoms with Gasteiger partial charge in [0.15, 0.2) is 0 Å². The summed E-state index contributed by atoms with van der Waals surface area (Å²) in [4.78, 5) is 2.77. The summed E-state index contributed by atoms with van der Waals surface area (Å²) in [7, 11) is 1.72. The highest BCUT2D eigenvalue weighted by atomic mass is 16.5. The van der Waals surface area contributed by atoms with E-state index in [-0.39, 0.29) is 0 Å². The number of hydrogen-bond donors (Lipinski definition) is 0. The lowest BCUT2D eigenvalue weighted by Gasteiger charge is -2.29. The van der Waals surface area contributed by atoms with Crippen LogP contribution in [0.4, 0.5) is 0 Å². The van der Waals surface area contributed by atoms with Gasteiger partial charge in [-0.1, -0.05) is 12.1 Å². The summed E-state index contributed by atoms with van der Waals surface area (Å²) in [6.45, 7) is 3.65. The summed E-state index contributed by atoms with van der Waals surface area (Å²) in [6.07, 6.45) is 6.90. The van der Waals surface area contributed by atoms with E-state index in [9.17, 15) is 0 Å². The van der Waals surface area contributed by atoms with Crippen molar-refractivity contribution in [3.63, 3.8) is 0 Å². The Morgan fingerprint density at radius 2 is 1.84 bits per heavy atom. The van der Waals surface area contributed by atoms with E-state index in [2.05, 4.69) is 36.1 Å². The fourth-order valence-corrected chi connectivity index (χ4v) is 3.02. The summed E-state index contributed by atoms with van der Waals surface area (Å²) in [5.41, 5.74) is 1.43. The van der Waals surface area contributed by atoms with Crippen LogP contribution in [0.3, 0.4) is 0 Å². The minimum absolute atomic E-state index is 0.797. The lowest BCUT2D eigenvalue weighted by Crippen LogP contribution is -2.38. The minimum atomic E-state index is 0.797. The first-order valence-electron chi connectivity index (χ1n) is 7.66. The highest BCUT2D eigenvalue weighted by Gasteiger charge is 2.38. The van der Waals surface area contributed by atoms with E-state index in [1.165, 1.54) is 37.8 Å². The van der Waals surface area contributed by atoms with Crippen molar-refractivity contribution in [2.75, 3.05) is 13.7 Å². The third kappa shape index (κ3) is 3.30. The van der Waals surface area contributed by atoms with E-state index >= 15 is 0 Å². The average molecular weight is 259 g/mol. The maximum Gasteiger partial charge on any atom is 0.118 e. The molecule has 2 aliphatic carbocycles. The Bertz CT molecular complexity index is 406. The number of hydrogen-bond acceptors (Lipinski definition) is 2. The molecule has 1 atom stereocenters. The van der Waals surface area contributed by atoms with Crippen LogP contribution < -0.4 is 4.74 Å². The molecular formula is C17H25NO. The average Bonchev–Trinajstić information content (AvgIpc) is 3.30. The van der Waals surface area contributed by atoms with Gasteiger partial charge in [-0.3, -0.25) is 4.90 Å². The zero-order valence-corrected chi connectivity index (χ0v) is 12.1. The molecule has 3 rings (SSSR count). The Morgan fingerprint density at radius 3 is 2.37 bits per heavy atom. The Balaban J connectivity index is 1.56. The van der Waals surface area contributed by atoms with E-state index in [0.717, 1.165) is 30.2 Å². The summed E-state index contributed by atoms with van der Waals surface area (Å²) in [5.74, 6) is 1.94. The summed E-state index contributed by atoms with van der Waals surface area (Å²) in [6, 6.07) is 10.2. The van der Waals surface area contributed by atoms with Crippen LogP contribution >= 0.6 is 0 Å². The van der Waals surface area contributed by atoms with E-state index in [1.807, 2.05) is 0 Å². The molecule has 19 heavy (non-hydrogen) atoms. The zero-order chi connectivity index (χ0) is 13.2. The highest BCUT2D eigenvalue weighted by Crippen LogP contribution is 2.39. The van der Waals surface area contributed by atoms with Gasteiger partial charge in [0.1, 0.15) is 5.75 Å². The molecule has 2 nitrogen and oxygen atoms in total. The molecule has 2 aliphatic rings. The van der Waals surface area contributed by atoms with Crippen LogP contribution in [0.1, 0.15) is 38.2 Å². The lowest BCUT2D eigenvalue weighted by atomic mass is 10.1. The van der Waals surface area contributed by atoms with Crippen LogP contribution in [0.15, 0.2) is 24.3 Å². The molecule has 2 heteroatoms. The third-order valence-corrected chi connectivity index (χ3v) is 4.66. The molecule has 2 fully saturated rings. The molecule has 0 heterocycles. The quantitative estimate of drug-likeness (QED) is 0.743. The second-order valence-corrected chi connectivity index (χ2v) is 6.15. The van der Waals surface area contributed by atoms with Crippen LogP contribution in [0, 0.1) is 5.92 Å². The normalized spacial score (nSPS) is 20.6. The first-order valence-corrected chi connectivity index (χ1v) is 7.66. The van der Waals surface area contributed by atoms with Gasteiger partial charge in [-0.05, 0) is 62.6 Å². The summed E-state index contributed by atoms with van der Waals surface area (Å²) < 4.78 is 5.21. The fourth-order valence-electron chi connectivity index (χ4n) is 3.02. The molecule has 1 unspecified atom stereocenters. The van der Waals surface area contributed by atoms with Gasteiger partial charge in [-0.25, -0.2) is 0 Å². The van der Waals surface area contributed by atoms with Gasteiger partial charge in [0.2, 0.25) is 0 Å². The van der Waals surface area contributed by atoms with Gasteiger partial charge in [0.05, 0.1) is 7.11 Å². The van der Waals surface area contributed by atoms with Crippen molar-refractivity contribution in [1.82, 2.24) is 4.90 Å². The fraction of sp³-hybridized carbons (Fsp3) is 0.647. The molecule has 0 aliphatic heterocycles. The van der Waals surface area contributed by atoms with Crippen LogP contribution in [-0.2, 0) is 6.42 Å². The molecule has 0 radical (unpaired) electrons. The summed E-state index contributed by atoms with van der Waals surface area (Å²) >= 11 is 0. The Hall–Kier alpha value is -1.02. The number of nitrogens with zero attached hydrogens (tertiary/aromatic N) is 1.